The van der Waals surface area contributed by atoms with Crippen molar-refractivity contribution in [2.75, 3.05) is 7.11 Å². The van der Waals surface area contributed by atoms with Crippen LogP contribution in [0, 0.1) is 10.1 Å². The number of rotatable bonds is 4. The zero-order valence-corrected chi connectivity index (χ0v) is 11.0. The van der Waals surface area contributed by atoms with E-state index in [9.17, 15) is 10.1 Å². The van der Waals surface area contributed by atoms with Gasteiger partial charge in [-0.05, 0) is 23.3 Å². The molecule has 0 aliphatic rings. The van der Waals surface area contributed by atoms with Gasteiger partial charge in [0.15, 0.2) is 0 Å². The summed E-state index contributed by atoms with van der Waals surface area (Å²) in [5.41, 5.74) is 1.79. The Balaban J connectivity index is 2.22. The fourth-order valence-corrected chi connectivity index (χ4v) is 2.02. The molecule has 0 saturated heterocycles. The molecule has 2 aromatic carbocycles. The molecule has 0 radical (unpaired) electrons. The van der Waals surface area contributed by atoms with Crippen LogP contribution in [0.5, 0.6) is 5.75 Å². The summed E-state index contributed by atoms with van der Waals surface area (Å²) in [6.07, 6.45) is 0. The maximum Gasteiger partial charge on any atom is 0.269 e. The number of non-ortho nitro benzene ring substituents is 1. The number of nitro groups is 1. The van der Waals surface area contributed by atoms with Gasteiger partial charge in [0.05, 0.1) is 17.4 Å². The Bertz CT molecular complexity index is 566. The van der Waals surface area contributed by atoms with Crippen molar-refractivity contribution in [3.05, 3.63) is 69.8 Å². The molecule has 4 nitrogen and oxygen atoms in total. The molecule has 0 N–H and O–H groups in total. The molecule has 98 valence electrons. The Morgan fingerprint density at radius 2 is 1.53 bits per heavy atom. The first kappa shape index (κ1) is 13.4. The van der Waals surface area contributed by atoms with Gasteiger partial charge in [0.2, 0.25) is 0 Å². The Labute approximate surface area is 115 Å². The number of hydrogen-bond acceptors (Lipinski definition) is 3. The summed E-state index contributed by atoms with van der Waals surface area (Å²) >= 11 is 6.35. The number of ether oxygens (including phenoxy) is 1. The average molecular weight is 278 g/mol. The van der Waals surface area contributed by atoms with Crippen LogP contribution in [0.1, 0.15) is 16.5 Å². The summed E-state index contributed by atoms with van der Waals surface area (Å²) < 4.78 is 5.08. The predicted molar refractivity (Wildman–Crippen MR) is 73.8 cm³/mol. The highest BCUT2D eigenvalue weighted by Crippen LogP contribution is 2.30. The van der Waals surface area contributed by atoms with E-state index in [1.165, 1.54) is 12.1 Å². The van der Waals surface area contributed by atoms with Crippen LogP contribution in [0.4, 0.5) is 5.69 Å². The third-order valence-electron chi connectivity index (χ3n) is 2.81. The second kappa shape index (κ2) is 5.71. The monoisotopic (exact) mass is 277 g/mol. The number of alkyl halides is 1. The van der Waals surface area contributed by atoms with E-state index >= 15 is 0 Å². The molecule has 1 unspecified atom stereocenters. The van der Waals surface area contributed by atoms with Crippen LogP contribution in [0.15, 0.2) is 48.5 Å². The summed E-state index contributed by atoms with van der Waals surface area (Å²) in [5, 5.41) is 10.2. The normalized spacial score (nSPS) is 11.9. The fraction of sp³-hybridized carbons (Fsp3) is 0.143. The molecule has 0 saturated carbocycles. The third-order valence-corrected chi connectivity index (χ3v) is 3.31. The predicted octanol–water partition coefficient (Wildman–Crippen LogP) is 3.93. The lowest BCUT2D eigenvalue weighted by atomic mass is 10.0. The molecule has 0 aromatic heterocycles. The molecule has 19 heavy (non-hydrogen) atoms. The number of halogens is 1. The van der Waals surface area contributed by atoms with Crippen molar-refractivity contribution in [3.63, 3.8) is 0 Å². The molecule has 1 atom stereocenters. The van der Waals surface area contributed by atoms with Crippen LogP contribution >= 0.6 is 11.6 Å². The fourth-order valence-electron chi connectivity index (χ4n) is 1.73. The Morgan fingerprint density at radius 3 is 1.95 bits per heavy atom. The first-order valence-corrected chi connectivity index (χ1v) is 6.08. The van der Waals surface area contributed by atoms with Crippen molar-refractivity contribution in [2.45, 2.75) is 5.38 Å². The number of hydrogen-bond donors (Lipinski definition) is 0. The molecule has 0 amide bonds. The van der Waals surface area contributed by atoms with E-state index in [4.69, 9.17) is 16.3 Å². The lowest BCUT2D eigenvalue weighted by molar-refractivity contribution is -0.384. The van der Waals surface area contributed by atoms with E-state index < -0.39 is 4.92 Å². The summed E-state index contributed by atoms with van der Waals surface area (Å²) in [7, 11) is 1.60. The van der Waals surface area contributed by atoms with E-state index in [1.54, 1.807) is 19.2 Å². The standard InChI is InChI=1S/C14H12ClNO3/c1-19-13-8-4-11(5-9-13)14(15)10-2-6-12(7-3-10)16(17)18/h2-9,14H,1H3. The molecular weight excluding hydrogens is 266 g/mol. The van der Waals surface area contributed by atoms with Gasteiger partial charge in [-0.25, -0.2) is 0 Å². The second-order valence-electron chi connectivity index (χ2n) is 3.98. The zero-order valence-electron chi connectivity index (χ0n) is 10.2. The molecule has 2 aromatic rings. The van der Waals surface area contributed by atoms with Gasteiger partial charge in [0, 0.05) is 12.1 Å². The van der Waals surface area contributed by atoms with Crippen LogP contribution < -0.4 is 4.74 Å². The molecule has 0 bridgehead atoms. The first-order chi connectivity index (χ1) is 9.11. The van der Waals surface area contributed by atoms with Gasteiger partial charge in [-0.15, -0.1) is 11.6 Å². The smallest absolute Gasteiger partial charge is 0.269 e. The Morgan fingerprint density at radius 1 is 1.05 bits per heavy atom. The Hall–Kier alpha value is -2.07. The lowest BCUT2D eigenvalue weighted by Gasteiger charge is -2.10. The van der Waals surface area contributed by atoms with Crippen LogP contribution in [-0.4, -0.2) is 12.0 Å². The second-order valence-corrected chi connectivity index (χ2v) is 4.42. The van der Waals surface area contributed by atoms with Crippen molar-refractivity contribution < 1.29 is 9.66 Å². The van der Waals surface area contributed by atoms with Gasteiger partial charge < -0.3 is 4.74 Å². The van der Waals surface area contributed by atoms with Gasteiger partial charge in [-0.1, -0.05) is 24.3 Å². The van der Waals surface area contributed by atoms with Gasteiger partial charge in [-0.2, -0.15) is 0 Å². The molecule has 0 heterocycles. The topological polar surface area (TPSA) is 52.4 Å². The van der Waals surface area contributed by atoms with Crippen molar-refractivity contribution in [1.82, 2.24) is 0 Å². The van der Waals surface area contributed by atoms with Crippen LogP contribution in [0.25, 0.3) is 0 Å². The SMILES string of the molecule is COc1ccc(C(Cl)c2ccc([N+](=O)[O-])cc2)cc1. The Kier molecular flexibility index (Phi) is 4.02. The van der Waals surface area contributed by atoms with Gasteiger partial charge in [0.25, 0.3) is 5.69 Å². The highest BCUT2D eigenvalue weighted by Gasteiger charge is 2.12. The molecule has 2 rings (SSSR count). The van der Waals surface area contributed by atoms with E-state index in [0.29, 0.717) is 0 Å². The van der Waals surface area contributed by atoms with E-state index in [-0.39, 0.29) is 11.1 Å². The molecule has 0 fully saturated rings. The average Bonchev–Trinajstić information content (AvgIpc) is 2.46. The van der Waals surface area contributed by atoms with E-state index in [1.807, 2.05) is 24.3 Å². The van der Waals surface area contributed by atoms with Gasteiger partial charge in [0.1, 0.15) is 5.75 Å². The summed E-state index contributed by atoms with van der Waals surface area (Å²) in [6, 6.07) is 13.6. The minimum Gasteiger partial charge on any atom is -0.497 e. The third kappa shape index (κ3) is 3.03. The highest BCUT2D eigenvalue weighted by molar-refractivity contribution is 6.22. The van der Waals surface area contributed by atoms with Crippen LogP contribution in [0.3, 0.4) is 0 Å². The number of methoxy groups -OCH3 is 1. The van der Waals surface area contributed by atoms with Crippen molar-refractivity contribution in [1.29, 1.82) is 0 Å². The van der Waals surface area contributed by atoms with Gasteiger partial charge >= 0.3 is 0 Å². The van der Waals surface area contributed by atoms with Crippen LogP contribution in [0.2, 0.25) is 0 Å². The molecule has 0 aliphatic heterocycles. The maximum absolute atomic E-state index is 10.6. The van der Waals surface area contributed by atoms with Crippen molar-refractivity contribution in [2.24, 2.45) is 0 Å². The highest BCUT2D eigenvalue weighted by atomic mass is 35.5. The summed E-state index contributed by atoms with van der Waals surface area (Å²) in [5.74, 6) is 0.760. The number of benzene rings is 2. The summed E-state index contributed by atoms with van der Waals surface area (Å²) in [4.78, 5) is 10.2. The minimum absolute atomic E-state index is 0.0577. The maximum atomic E-state index is 10.6. The molecular formula is C14H12ClNO3. The quantitative estimate of drug-likeness (QED) is 0.483. The van der Waals surface area contributed by atoms with Crippen LogP contribution in [-0.2, 0) is 0 Å². The minimum atomic E-state index is -0.430. The van der Waals surface area contributed by atoms with Crippen molar-refractivity contribution in [3.8, 4) is 5.75 Å². The first-order valence-electron chi connectivity index (χ1n) is 5.64. The number of nitro benzene ring substituents is 1. The molecule has 0 spiro atoms. The molecule has 5 heteroatoms. The number of nitrogens with zero attached hydrogens (tertiary/aromatic N) is 1. The van der Waals surface area contributed by atoms with E-state index in [0.717, 1.165) is 16.9 Å². The van der Waals surface area contributed by atoms with Gasteiger partial charge in [-0.3, -0.25) is 10.1 Å². The lowest BCUT2D eigenvalue weighted by Crippen LogP contribution is -1.94. The zero-order chi connectivity index (χ0) is 13.8. The summed E-state index contributed by atoms with van der Waals surface area (Å²) in [6.45, 7) is 0. The largest absolute Gasteiger partial charge is 0.497 e. The van der Waals surface area contributed by atoms with E-state index in [2.05, 4.69) is 0 Å². The molecule has 0 aliphatic carbocycles. The van der Waals surface area contributed by atoms with Crippen molar-refractivity contribution >= 4 is 17.3 Å².